The van der Waals surface area contributed by atoms with Gasteiger partial charge in [0.15, 0.2) is 0 Å². The van der Waals surface area contributed by atoms with E-state index in [0.29, 0.717) is 7.18 Å². The minimum atomic E-state index is 0.500. The summed E-state index contributed by atoms with van der Waals surface area (Å²) in [5, 5.41) is 0. The Morgan fingerprint density at radius 2 is 0.583 bits per heavy atom. The lowest BCUT2D eigenvalue weighted by molar-refractivity contribution is 0.636. The van der Waals surface area contributed by atoms with E-state index in [4.69, 9.17) is 0 Å². The highest BCUT2D eigenvalue weighted by atomic mass is 19.1. The number of hydrogen-bond acceptors (Lipinski definition) is 0. The fourth-order valence-electron chi connectivity index (χ4n) is 0.385. The second kappa shape index (κ2) is 32.0. The number of hydrogen-bond donors (Lipinski definition) is 0. The number of alkyl halides is 1. The zero-order valence-electron chi connectivity index (χ0n) is 8.84. The Kier molecular flexibility index (Phi) is 46.2. The predicted molar refractivity (Wildman–Crippen MR) is 56.2 cm³/mol. The Balaban J connectivity index is -0.000000117. The average molecular weight is 172 g/mol. The maximum atomic E-state index is 9.50. The molecule has 0 bridgehead atoms. The molecule has 0 unspecified atom stereocenters. The van der Waals surface area contributed by atoms with Gasteiger partial charge in [0.1, 0.15) is 0 Å². The summed E-state index contributed by atoms with van der Waals surface area (Å²) in [6.07, 6.45) is 0. The van der Waals surface area contributed by atoms with Crippen LogP contribution >= 0.6 is 0 Å². The summed E-state index contributed by atoms with van der Waals surface area (Å²) in [6, 6.07) is 12.0. The highest BCUT2D eigenvalue weighted by molar-refractivity contribution is 4.99. The summed E-state index contributed by atoms with van der Waals surface area (Å²) in [7, 11) is 0.500. The van der Waals surface area contributed by atoms with E-state index in [0.717, 1.165) is 0 Å². The molecule has 0 aliphatic heterocycles. The maximum absolute atomic E-state index is 9.50. The molecule has 0 atom stereocenters. The summed E-state index contributed by atoms with van der Waals surface area (Å²) in [5.41, 5.74) is 0. The van der Waals surface area contributed by atoms with Crippen molar-refractivity contribution in [2.75, 3.05) is 7.18 Å². The molecule has 0 aliphatic rings. The van der Waals surface area contributed by atoms with Gasteiger partial charge < -0.3 is 0 Å². The lowest BCUT2D eigenvalue weighted by Gasteiger charge is -1.69. The van der Waals surface area contributed by atoms with Gasteiger partial charge in [0.05, 0.1) is 7.18 Å². The van der Waals surface area contributed by atoms with Crippen molar-refractivity contribution in [1.29, 1.82) is 0 Å². The van der Waals surface area contributed by atoms with E-state index in [9.17, 15) is 4.39 Å². The van der Waals surface area contributed by atoms with Gasteiger partial charge in [0, 0.05) is 0 Å². The van der Waals surface area contributed by atoms with Crippen LogP contribution in [0.2, 0.25) is 0 Å². The van der Waals surface area contributed by atoms with Crippen LogP contribution in [-0.4, -0.2) is 7.18 Å². The molecule has 0 saturated carbocycles. The van der Waals surface area contributed by atoms with Crippen LogP contribution in [-0.2, 0) is 0 Å². The van der Waals surface area contributed by atoms with Gasteiger partial charge in [-0.25, -0.2) is 0 Å². The lowest BCUT2D eigenvalue weighted by Crippen LogP contribution is -1.47. The summed E-state index contributed by atoms with van der Waals surface area (Å²) < 4.78 is 9.50. The zero-order valence-corrected chi connectivity index (χ0v) is 8.84. The first-order chi connectivity index (χ1) is 6.00. The first-order valence-corrected chi connectivity index (χ1v) is 4.38. The fourth-order valence-corrected chi connectivity index (χ4v) is 0.385. The first kappa shape index (κ1) is 17.3. The van der Waals surface area contributed by atoms with Gasteiger partial charge in [-0.15, -0.1) is 0 Å². The van der Waals surface area contributed by atoms with Crippen LogP contribution in [0, 0.1) is 0 Å². The molecule has 0 saturated heterocycles. The van der Waals surface area contributed by atoms with Gasteiger partial charge in [0.2, 0.25) is 0 Å². The van der Waals surface area contributed by atoms with Crippen molar-refractivity contribution in [2.24, 2.45) is 0 Å². The Hall–Kier alpha value is -0.850. The SMILES string of the molecule is CC.CC.CF.c1ccccc1. The van der Waals surface area contributed by atoms with Crippen LogP contribution in [0.5, 0.6) is 0 Å². The summed E-state index contributed by atoms with van der Waals surface area (Å²) >= 11 is 0. The molecule has 72 valence electrons. The molecule has 0 aromatic heterocycles. The van der Waals surface area contributed by atoms with Gasteiger partial charge >= 0.3 is 0 Å². The minimum Gasteiger partial charge on any atom is -0.255 e. The standard InChI is InChI=1S/C6H6.2C2H6.CH3F/c1-2-4-6-5-3-1;3*1-2/h1-6H;2*1-2H3;1H3. The first-order valence-electron chi connectivity index (χ1n) is 4.38. The van der Waals surface area contributed by atoms with E-state index in [1.807, 2.05) is 64.1 Å². The molecule has 1 heteroatoms. The van der Waals surface area contributed by atoms with Crippen molar-refractivity contribution in [3.63, 3.8) is 0 Å². The molecule has 0 fully saturated rings. The largest absolute Gasteiger partial charge is 0.255 e. The van der Waals surface area contributed by atoms with Gasteiger partial charge in [-0.1, -0.05) is 64.1 Å². The molecular weight excluding hydrogens is 151 g/mol. The summed E-state index contributed by atoms with van der Waals surface area (Å²) in [4.78, 5) is 0. The molecule has 12 heavy (non-hydrogen) atoms. The van der Waals surface area contributed by atoms with Crippen LogP contribution in [0.4, 0.5) is 4.39 Å². The molecular formula is C11H21F. The van der Waals surface area contributed by atoms with Crippen molar-refractivity contribution >= 4 is 0 Å². The Labute approximate surface area is 76.4 Å². The number of rotatable bonds is 0. The van der Waals surface area contributed by atoms with Crippen molar-refractivity contribution in [2.45, 2.75) is 27.7 Å². The third-order valence-corrected chi connectivity index (χ3v) is 0.667. The normalized spacial score (nSPS) is 5.50. The van der Waals surface area contributed by atoms with Crippen molar-refractivity contribution in [3.05, 3.63) is 36.4 Å². The Morgan fingerprint density at radius 3 is 0.667 bits per heavy atom. The van der Waals surface area contributed by atoms with E-state index < -0.39 is 0 Å². The summed E-state index contributed by atoms with van der Waals surface area (Å²) in [6.45, 7) is 8.00. The second-order valence-corrected chi connectivity index (χ2v) is 1.15. The van der Waals surface area contributed by atoms with Crippen LogP contribution in [0.25, 0.3) is 0 Å². The Bertz CT molecular complexity index is 76.9. The minimum absolute atomic E-state index is 0.500. The van der Waals surface area contributed by atoms with Crippen molar-refractivity contribution < 1.29 is 4.39 Å². The fraction of sp³-hybridized carbons (Fsp3) is 0.455. The molecule has 0 nitrogen and oxygen atoms in total. The third-order valence-electron chi connectivity index (χ3n) is 0.667. The van der Waals surface area contributed by atoms with Crippen LogP contribution in [0.1, 0.15) is 27.7 Å². The average Bonchev–Trinajstić information content (AvgIpc) is 2.29. The van der Waals surface area contributed by atoms with E-state index in [-0.39, 0.29) is 0 Å². The zero-order chi connectivity index (χ0) is 10.2. The lowest BCUT2D eigenvalue weighted by atomic mass is 10.4. The van der Waals surface area contributed by atoms with E-state index in [1.54, 1.807) is 0 Å². The molecule has 1 aromatic rings. The number of benzene rings is 1. The highest BCUT2D eigenvalue weighted by Gasteiger charge is 1.57. The van der Waals surface area contributed by atoms with E-state index in [1.165, 1.54) is 0 Å². The van der Waals surface area contributed by atoms with Gasteiger partial charge in [-0.05, 0) is 0 Å². The molecule has 0 N–H and O–H groups in total. The van der Waals surface area contributed by atoms with Gasteiger partial charge in [0.25, 0.3) is 0 Å². The third kappa shape index (κ3) is 22.9. The van der Waals surface area contributed by atoms with Crippen molar-refractivity contribution in [3.8, 4) is 0 Å². The smallest absolute Gasteiger partial charge is 0.0785 e. The Morgan fingerprint density at radius 1 is 0.500 bits per heavy atom. The van der Waals surface area contributed by atoms with Crippen LogP contribution < -0.4 is 0 Å². The quantitative estimate of drug-likeness (QED) is 0.546. The maximum Gasteiger partial charge on any atom is 0.0785 e. The highest BCUT2D eigenvalue weighted by Crippen LogP contribution is 1.79. The predicted octanol–water partition coefficient (Wildman–Crippen LogP) is 4.32. The van der Waals surface area contributed by atoms with Crippen LogP contribution in [0.3, 0.4) is 0 Å². The molecule has 0 amide bonds. The molecule has 0 spiro atoms. The monoisotopic (exact) mass is 172 g/mol. The van der Waals surface area contributed by atoms with Crippen molar-refractivity contribution in [1.82, 2.24) is 0 Å². The summed E-state index contributed by atoms with van der Waals surface area (Å²) in [5.74, 6) is 0. The topological polar surface area (TPSA) is 0 Å². The van der Waals surface area contributed by atoms with E-state index >= 15 is 0 Å². The molecule has 0 radical (unpaired) electrons. The number of halogens is 1. The second-order valence-electron chi connectivity index (χ2n) is 1.15. The van der Waals surface area contributed by atoms with E-state index in [2.05, 4.69) is 0 Å². The van der Waals surface area contributed by atoms with Gasteiger partial charge in [-0.3, -0.25) is 4.39 Å². The molecule has 0 aliphatic carbocycles. The molecule has 1 aromatic carbocycles. The molecule has 1 rings (SSSR count). The molecule has 0 heterocycles. The van der Waals surface area contributed by atoms with Gasteiger partial charge in [-0.2, -0.15) is 0 Å². The van der Waals surface area contributed by atoms with Crippen LogP contribution in [0.15, 0.2) is 36.4 Å².